The Labute approximate surface area is 277 Å². The van der Waals surface area contributed by atoms with Crippen molar-refractivity contribution in [2.24, 2.45) is 0 Å². The number of benzene rings is 6. The van der Waals surface area contributed by atoms with E-state index < -0.39 is 5.41 Å². The molecule has 9 aromatic rings. The van der Waals surface area contributed by atoms with E-state index in [2.05, 4.69) is 168 Å². The van der Waals surface area contributed by atoms with Crippen molar-refractivity contribution in [2.75, 3.05) is 0 Å². The Kier molecular flexibility index (Phi) is 4.86. The molecule has 4 heterocycles. The number of fused-ring (bicyclic) bond motifs is 18. The summed E-state index contributed by atoms with van der Waals surface area (Å²) in [6.45, 7) is 6.56. The highest BCUT2D eigenvalue weighted by Crippen LogP contribution is 2.62. The van der Waals surface area contributed by atoms with Crippen molar-refractivity contribution in [3.8, 4) is 16.8 Å². The average molecular weight is 612 g/mol. The van der Waals surface area contributed by atoms with E-state index >= 15 is 0 Å². The molecule has 0 N–H and O–H groups in total. The fourth-order valence-electron chi connectivity index (χ4n) is 9.33. The molecule has 0 bridgehead atoms. The van der Waals surface area contributed by atoms with Gasteiger partial charge in [0.15, 0.2) is 0 Å². The second-order valence-electron chi connectivity index (χ2n) is 13.0. The maximum atomic E-state index is 5.38. The van der Waals surface area contributed by atoms with E-state index in [0.29, 0.717) is 0 Å². The van der Waals surface area contributed by atoms with E-state index in [1.54, 1.807) is 0 Å². The molecule has 2 aliphatic rings. The number of hydrogen-bond acceptors (Lipinski definition) is 1. The smallest absolute Gasteiger partial charge is 0.146 e. The lowest BCUT2D eigenvalue weighted by Crippen LogP contribution is -2.33. The summed E-state index contributed by atoms with van der Waals surface area (Å²) in [5.41, 5.74) is 16.3. The zero-order valence-corrected chi connectivity index (χ0v) is 26.4. The molecule has 1 spiro atoms. The van der Waals surface area contributed by atoms with Gasteiger partial charge in [-0.3, -0.25) is 4.40 Å². The van der Waals surface area contributed by atoms with Gasteiger partial charge in [-0.05, 0) is 76.7 Å². The van der Waals surface area contributed by atoms with Gasteiger partial charge in [-0.1, -0.05) is 116 Å². The third-order valence-corrected chi connectivity index (χ3v) is 11.0. The lowest BCUT2D eigenvalue weighted by atomic mass is 9.65. The minimum atomic E-state index is -0.523. The number of aromatic nitrogens is 3. The summed E-state index contributed by atoms with van der Waals surface area (Å²) < 4.78 is 4.87. The Morgan fingerprint density at radius 2 is 1.29 bits per heavy atom. The first-order valence-electron chi connectivity index (χ1n) is 16.6. The Hall–Kier alpha value is -6.19. The Bertz CT molecular complexity index is 2880. The van der Waals surface area contributed by atoms with Crippen molar-refractivity contribution in [2.45, 2.75) is 12.3 Å². The summed E-state index contributed by atoms with van der Waals surface area (Å²) in [6.07, 6.45) is 6.47. The predicted octanol–water partition coefficient (Wildman–Crippen LogP) is 11.1. The normalized spacial score (nSPS) is 14.1. The van der Waals surface area contributed by atoms with Crippen molar-refractivity contribution in [1.82, 2.24) is 14.0 Å². The van der Waals surface area contributed by atoms with Crippen molar-refractivity contribution >= 4 is 61.4 Å². The SMILES string of the molecule is C=Cc1c(/C=C\C)n2c3c(cc4c(c5ccccc5n5c6ccccc6nc45)c13)C1(c3ccccc3-c3ccccc31)c1ccccc1-2. The average Bonchev–Trinajstić information content (AvgIpc) is 3.78. The fraction of sp³-hybridized carbons (Fsp3) is 0.0444. The first-order chi connectivity index (χ1) is 23.8. The molecule has 3 nitrogen and oxygen atoms in total. The van der Waals surface area contributed by atoms with Crippen LogP contribution >= 0.6 is 0 Å². The van der Waals surface area contributed by atoms with Crippen molar-refractivity contribution in [1.29, 1.82) is 0 Å². The van der Waals surface area contributed by atoms with E-state index in [-0.39, 0.29) is 0 Å². The Balaban J connectivity index is 1.51. The molecule has 0 amide bonds. The molecule has 11 rings (SSSR count). The van der Waals surface area contributed by atoms with Crippen LogP contribution < -0.4 is 0 Å². The molecule has 0 saturated heterocycles. The number of rotatable bonds is 2. The molecule has 1 aliphatic heterocycles. The van der Waals surface area contributed by atoms with Crippen LogP contribution in [-0.2, 0) is 5.41 Å². The van der Waals surface area contributed by atoms with Gasteiger partial charge in [0, 0.05) is 27.1 Å². The molecular weight excluding hydrogens is 583 g/mol. The van der Waals surface area contributed by atoms with Gasteiger partial charge in [0.2, 0.25) is 0 Å². The summed E-state index contributed by atoms with van der Waals surface area (Å²) in [5.74, 6) is 0. The maximum Gasteiger partial charge on any atom is 0.146 e. The van der Waals surface area contributed by atoms with Crippen LogP contribution in [0.25, 0.3) is 78.2 Å². The fourth-order valence-corrected chi connectivity index (χ4v) is 9.33. The Morgan fingerprint density at radius 1 is 0.646 bits per heavy atom. The zero-order chi connectivity index (χ0) is 31.7. The highest BCUT2D eigenvalue weighted by molar-refractivity contribution is 6.27. The van der Waals surface area contributed by atoms with E-state index in [9.17, 15) is 0 Å². The van der Waals surface area contributed by atoms with Crippen LogP contribution in [0, 0.1) is 0 Å². The van der Waals surface area contributed by atoms with E-state index in [0.717, 1.165) is 38.8 Å². The van der Waals surface area contributed by atoms with Gasteiger partial charge in [-0.25, -0.2) is 4.98 Å². The second kappa shape index (κ2) is 8.99. The molecule has 1 aliphatic carbocycles. The molecule has 3 aromatic heterocycles. The molecule has 48 heavy (non-hydrogen) atoms. The molecule has 0 unspecified atom stereocenters. The van der Waals surface area contributed by atoms with Crippen LogP contribution in [0.1, 0.15) is 40.4 Å². The van der Waals surface area contributed by atoms with Gasteiger partial charge in [0.1, 0.15) is 5.65 Å². The van der Waals surface area contributed by atoms with Crippen LogP contribution in [0.5, 0.6) is 0 Å². The summed E-state index contributed by atoms with van der Waals surface area (Å²) in [5, 5.41) is 4.81. The molecule has 0 fully saturated rings. The van der Waals surface area contributed by atoms with E-state index in [1.807, 2.05) is 0 Å². The topological polar surface area (TPSA) is 22.2 Å². The second-order valence-corrected chi connectivity index (χ2v) is 13.0. The number of para-hydroxylation sites is 4. The van der Waals surface area contributed by atoms with Crippen LogP contribution in [0.4, 0.5) is 0 Å². The van der Waals surface area contributed by atoms with Gasteiger partial charge in [0.25, 0.3) is 0 Å². The predicted molar refractivity (Wildman–Crippen MR) is 200 cm³/mol. The number of imidazole rings is 1. The van der Waals surface area contributed by atoms with Gasteiger partial charge < -0.3 is 4.57 Å². The molecule has 0 saturated carbocycles. The number of nitrogens with zero attached hydrogens (tertiary/aromatic N) is 3. The number of pyridine rings is 1. The van der Waals surface area contributed by atoms with Crippen molar-refractivity contribution in [3.63, 3.8) is 0 Å². The largest absolute Gasteiger partial charge is 0.309 e. The van der Waals surface area contributed by atoms with Gasteiger partial charge in [0.05, 0.1) is 38.9 Å². The molecule has 0 radical (unpaired) electrons. The van der Waals surface area contributed by atoms with Gasteiger partial charge in [-0.2, -0.15) is 0 Å². The zero-order valence-electron chi connectivity index (χ0n) is 26.4. The summed E-state index contributed by atoms with van der Waals surface area (Å²) in [6, 6.07) is 46.9. The number of hydrogen-bond donors (Lipinski definition) is 0. The van der Waals surface area contributed by atoms with E-state index in [1.165, 1.54) is 60.7 Å². The highest BCUT2D eigenvalue weighted by atomic mass is 15.0. The third-order valence-electron chi connectivity index (χ3n) is 11.0. The lowest BCUT2D eigenvalue weighted by Gasteiger charge is -2.40. The van der Waals surface area contributed by atoms with Crippen LogP contribution in [0.15, 0.2) is 140 Å². The quantitative estimate of drug-likeness (QED) is 0.178. The first kappa shape index (κ1) is 25.9. The van der Waals surface area contributed by atoms with Crippen LogP contribution in [0.2, 0.25) is 0 Å². The third kappa shape index (κ3) is 2.82. The highest BCUT2D eigenvalue weighted by Gasteiger charge is 2.51. The summed E-state index contributed by atoms with van der Waals surface area (Å²) >= 11 is 0. The molecule has 6 aromatic carbocycles. The van der Waals surface area contributed by atoms with Gasteiger partial charge >= 0.3 is 0 Å². The Morgan fingerprint density at radius 3 is 2.04 bits per heavy atom. The summed E-state index contributed by atoms with van der Waals surface area (Å²) in [7, 11) is 0. The monoisotopic (exact) mass is 611 g/mol. The maximum absolute atomic E-state index is 5.38. The minimum absolute atomic E-state index is 0.523. The van der Waals surface area contributed by atoms with Crippen LogP contribution in [-0.4, -0.2) is 14.0 Å². The molecule has 224 valence electrons. The molecule has 0 atom stereocenters. The molecular formula is C45H29N3. The lowest BCUT2D eigenvalue weighted by molar-refractivity contribution is 0.745. The molecule has 3 heteroatoms. The van der Waals surface area contributed by atoms with Crippen molar-refractivity contribution in [3.05, 3.63) is 174 Å². The first-order valence-corrected chi connectivity index (χ1v) is 16.6. The van der Waals surface area contributed by atoms with Crippen LogP contribution in [0.3, 0.4) is 0 Å². The minimum Gasteiger partial charge on any atom is -0.309 e. The summed E-state index contributed by atoms with van der Waals surface area (Å²) in [4.78, 5) is 5.38. The standard InChI is InChI=1S/C45H29N3/c1-3-15-37-27(4-2)42-41-30-18-7-12-23-38(30)48-40-25-14-11-22-36(40)46-44(48)31(41)26-35-43(42)47(37)39-24-13-10-21-34(39)45(35)32-19-8-5-16-28(32)29-17-6-9-20-33(29)45/h3-26H,2H2,1H3/b15-3-. The number of allylic oxidation sites excluding steroid dienone is 1. The van der Waals surface area contributed by atoms with Crippen molar-refractivity contribution < 1.29 is 0 Å². The van der Waals surface area contributed by atoms with Gasteiger partial charge in [-0.15, -0.1) is 0 Å². The van der Waals surface area contributed by atoms with E-state index in [4.69, 9.17) is 4.98 Å².